The molecule has 0 aromatic carbocycles. The summed E-state index contributed by atoms with van der Waals surface area (Å²) < 4.78 is 14.1. The van der Waals surface area contributed by atoms with Gasteiger partial charge in [-0.2, -0.15) is 0 Å². The van der Waals surface area contributed by atoms with Crippen LogP contribution in [0.4, 0.5) is 0 Å². The van der Waals surface area contributed by atoms with Crippen LogP contribution in [-0.2, 0) is 19.0 Å². The normalized spacial score (nSPS) is 13.1. The molecule has 0 aliphatic rings. The molecular weight excluding hydrogens is 162 g/mol. The third kappa shape index (κ3) is 3.66. The molecule has 2 N–H and O–H groups in total. The molecule has 0 aliphatic carbocycles. The van der Waals surface area contributed by atoms with Crippen LogP contribution in [0.2, 0.25) is 0 Å². The third-order valence-corrected chi connectivity index (χ3v) is 1.48. The lowest BCUT2D eigenvalue weighted by molar-refractivity contribution is -0.148. The Balaban J connectivity index is 3.80. The van der Waals surface area contributed by atoms with Gasteiger partial charge in [-0.15, -0.1) is 0 Å². The molecule has 0 aromatic heterocycles. The van der Waals surface area contributed by atoms with Gasteiger partial charge < -0.3 is 19.9 Å². The average molecular weight is 177 g/mol. The van der Waals surface area contributed by atoms with E-state index in [4.69, 9.17) is 15.2 Å². The number of carbonyl (C=O) groups excluding carboxylic acids is 1. The first-order chi connectivity index (χ1) is 5.65. The summed E-state index contributed by atoms with van der Waals surface area (Å²) in [5.41, 5.74) is 5.45. The van der Waals surface area contributed by atoms with E-state index in [1.54, 1.807) is 0 Å². The zero-order valence-electron chi connectivity index (χ0n) is 7.57. The maximum atomic E-state index is 10.8. The Morgan fingerprint density at radius 1 is 1.33 bits per heavy atom. The summed E-state index contributed by atoms with van der Waals surface area (Å²) in [5, 5.41) is 0. The second-order valence-corrected chi connectivity index (χ2v) is 2.27. The summed E-state index contributed by atoms with van der Waals surface area (Å²) in [7, 11) is 4.26. The molecule has 0 unspecified atom stereocenters. The molecular formula is C7H15NO4. The molecule has 0 amide bonds. The molecule has 0 spiro atoms. The minimum absolute atomic E-state index is 0.291. The first-order valence-corrected chi connectivity index (χ1v) is 3.54. The predicted molar refractivity (Wildman–Crippen MR) is 42.4 cm³/mol. The highest BCUT2D eigenvalue weighted by Gasteiger charge is 2.18. The Kier molecular flexibility index (Phi) is 5.61. The lowest BCUT2D eigenvalue weighted by Crippen LogP contribution is -2.36. The van der Waals surface area contributed by atoms with Crippen molar-refractivity contribution in [3.63, 3.8) is 0 Å². The number of methoxy groups -OCH3 is 3. The molecule has 0 aliphatic heterocycles. The van der Waals surface area contributed by atoms with Crippen LogP contribution in [0.1, 0.15) is 6.42 Å². The van der Waals surface area contributed by atoms with E-state index in [0.717, 1.165) is 0 Å². The lowest BCUT2D eigenvalue weighted by Gasteiger charge is -2.16. The van der Waals surface area contributed by atoms with E-state index in [0.29, 0.717) is 6.42 Å². The Morgan fingerprint density at radius 3 is 2.17 bits per heavy atom. The van der Waals surface area contributed by atoms with Crippen LogP contribution in [-0.4, -0.2) is 39.6 Å². The zero-order valence-corrected chi connectivity index (χ0v) is 7.57. The molecule has 0 bridgehead atoms. The predicted octanol–water partition coefficient (Wildman–Crippen LogP) is -0.504. The number of carbonyl (C=O) groups is 1. The molecule has 12 heavy (non-hydrogen) atoms. The summed E-state index contributed by atoms with van der Waals surface area (Å²) in [6.07, 6.45) is -0.168. The molecule has 0 fully saturated rings. The zero-order chi connectivity index (χ0) is 9.56. The van der Waals surface area contributed by atoms with E-state index >= 15 is 0 Å². The summed E-state index contributed by atoms with van der Waals surface area (Å²) in [5.74, 6) is -0.464. The van der Waals surface area contributed by atoms with E-state index in [9.17, 15) is 4.79 Å². The van der Waals surface area contributed by atoms with Crippen LogP contribution in [0.5, 0.6) is 0 Å². The van der Waals surface area contributed by atoms with Crippen molar-refractivity contribution in [2.45, 2.75) is 18.8 Å². The van der Waals surface area contributed by atoms with Gasteiger partial charge in [-0.05, 0) is 0 Å². The number of ether oxygens (including phenoxy) is 3. The number of hydrogen-bond donors (Lipinski definition) is 1. The molecule has 0 heterocycles. The van der Waals surface area contributed by atoms with Crippen molar-refractivity contribution in [1.29, 1.82) is 0 Å². The van der Waals surface area contributed by atoms with Gasteiger partial charge in [0.1, 0.15) is 6.04 Å². The first kappa shape index (κ1) is 11.4. The molecule has 0 radical (unpaired) electrons. The fourth-order valence-electron chi connectivity index (χ4n) is 0.744. The van der Waals surface area contributed by atoms with Gasteiger partial charge in [0.25, 0.3) is 0 Å². The molecule has 5 heteroatoms. The molecule has 0 aromatic rings. The summed E-state index contributed by atoms with van der Waals surface area (Å²) in [6.45, 7) is 0. The van der Waals surface area contributed by atoms with Gasteiger partial charge >= 0.3 is 5.97 Å². The topological polar surface area (TPSA) is 70.8 Å². The quantitative estimate of drug-likeness (QED) is 0.452. The van der Waals surface area contributed by atoms with Crippen molar-refractivity contribution in [2.24, 2.45) is 5.73 Å². The molecule has 0 saturated heterocycles. The van der Waals surface area contributed by atoms with Crippen molar-refractivity contribution >= 4 is 5.97 Å². The second-order valence-electron chi connectivity index (χ2n) is 2.27. The summed E-state index contributed by atoms with van der Waals surface area (Å²) in [6, 6.07) is -0.695. The SMILES string of the molecule is COC(=O)[C@@H](N)CC(OC)OC. The smallest absolute Gasteiger partial charge is 0.322 e. The molecule has 5 nitrogen and oxygen atoms in total. The highest BCUT2D eigenvalue weighted by atomic mass is 16.7. The third-order valence-electron chi connectivity index (χ3n) is 1.48. The minimum atomic E-state index is -0.695. The van der Waals surface area contributed by atoms with E-state index in [2.05, 4.69) is 4.74 Å². The van der Waals surface area contributed by atoms with Gasteiger partial charge in [0.05, 0.1) is 7.11 Å². The van der Waals surface area contributed by atoms with Crippen LogP contribution in [0, 0.1) is 0 Å². The second kappa shape index (κ2) is 5.93. The Hall–Kier alpha value is -0.650. The van der Waals surface area contributed by atoms with Crippen LogP contribution in [0.25, 0.3) is 0 Å². The van der Waals surface area contributed by atoms with Crippen molar-refractivity contribution in [2.75, 3.05) is 21.3 Å². The van der Waals surface area contributed by atoms with Gasteiger partial charge in [0.2, 0.25) is 0 Å². The van der Waals surface area contributed by atoms with E-state index in [-0.39, 0.29) is 0 Å². The fraction of sp³-hybridized carbons (Fsp3) is 0.857. The van der Waals surface area contributed by atoms with Gasteiger partial charge in [0, 0.05) is 20.6 Å². The van der Waals surface area contributed by atoms with Gasteiger partial charge in [-0.1, -0.05) is 0 Å². The summed E-state index contributed by atoms with van der Waals surface area (Å²) in [4.78, 5) is 10.8. The largest absolute Gasteiger partial charge is 0.468 e. The fourth-order valence-corrected chi connectivity index (χ4v) is 0.744. The maximum Gasteiger partial charge on any atom is 0.322 e. The van der Waals surface area contributed by atoms with Crippen molar-refractivity contribution in [1.82, 2.24) is 0 Å². The lowest BCUT2D eigenvalue weighted by atomic mass is 10.2. The number of hydrogen-bond acceptors (Lipinski definition) is 5. The van der Waals surface area contributed by atoms with Crippen molar-refractivity contribution in [3.05, 3.63) is 0 Å². The highest BCUT2D eigenvalue weighted by molar-refractivity contribution is 5.75. The Bertz CT molecular complexity index is 135. The van der Waals surface area contributed by atoms with E-state index < -0.39 is 18.3 Å². The molecule has 72 valence electrons. The van der Waals surface area contributed by atoms with E-state index in [1.165, 1.54) is 21.3 Å². The minimum Gasteiger partial charge on any atom is -0.468 e. The van der Waals surface area contributed by atoms with Crippen molar-refractivity contribution in [3.8, 4) is 0 Å². The van der Waals surface area contributed by atoms with Gasteiger partial charge in [0.15, 0.2) is 6.29 Å². The average Bonchev–Trinajstić information content (AvgIpc) is 2.12. The summed E-state index contributed by atoms with van der Waals surface area (Å²) >= 11 is 0. The molecule has 1 atom stereocenters. The van der Waals surface area contributed by atoms with Gasteiger partial charge in [-0.25, -0.2) is 0 Å². The Labute approximate surface area is 71.8 Å². The Morgan fingerprint density at radius 2 is 1.83 bits per heavy atom. The molecule has 0 rings (SSSR count). The maximum absolute atomic E-state index is 10.8. The standard InChI is InChI=1S/C7H15NO4/c1-10-6(11-2)4-5(8)7(9)12-3/h5-6H,4,8H2,1-3H3/t5-/m0/s1. The first-order valence-electron chi connectivity index (χ1n) is 3.54. The van der Waals surface area contributed by atoms with Crippen LogP contribution in [0.3, 0.4) is 0 Å². The van der Waals surface area contributed by atoms with Crippen LogP contribution < -0.4 is 5.73 Å². The van der Waals surface area contributed by atoms with Crippen LogP contribution >= 0.6 is 0 Å². The van der Waals surface area contributed by atoms with Crippen molar-refractivity contribution < 1.29 is 19.0 Å². The van der Waals surface area contributed by atoms with Crippen LogP contribution in [0.15, 0.2) is 0 Å². The number of esters is 1. The number of nitrogens with two attached hydrogens (primary N) is 1. The highest BCUT2D eigenvalue weighted by Crippen LogP contribution is 2.01. The number of rotatable bonds is 5. The van der Waals surface area contributed by atoms with E-state index in [1.807, 2.05) is 0 Å². The monoisotopic (exact) mass is 177 g/mol. The molecule has 0 saturated carbocycles. The van der Waals surface area contributed by atoms with Gasteiger partial charge in [-0.3, -0.25) is 4.79 Å².